The number of alkyl halides is 3. The van der Waals surface area contributed by atoms with Crippen molar-refractivity contribution in [1.29, 1.82) is 0 Å². The number of halogens is 4. The Morgan fingerprint density at radius 2 is 1.60 bits per heavy atom. The highest BCUT2D eigenvalue weighted by molar-refractivity contribution is 6.01. The quantitative estimate of drug-likeness (QED) is 0.0160. The monoisotopic (exact) mass is 1150 g/mol. The number of aromatic nitrogens is 2. The number of rotatable bonds is 23. The molecule has 9 N–H and O–H groups in total. The number of nitrogens with one attached hydrogen (secondary N) is 7. The van der Waals surface area contributed by atoms with E-state index in [2.05, 4.69) is 31.9 Å². The predicted molar refractivity (Wildman–Crippen MR) is 274 cm³/mol. The van der Waals surface area contributed by atoms with Gasteiger partial charge in [-0.1, -0.05) is 37.3 Å². The van der Waals surface area contributed by atoms with Gasteiger partial charge >= 0.3 is 18.1 Å². The van der Waals surface area contributed by atoms with Crippen LogP contribution in [0.5, 0.6) is 0 Å². The van der Waals surface area contributed by atoms with Gasteiger partial charge in [-0.15, -0.1) is 0 Å². The van der Waals surface area contributed by atoms with Gasteiger partial charge in [0.05, 0.1) is 67.8 Å². The summed E-state index contributed by atoms with van der Waals surface area (Å²) >= 11 is 0. The summed E-state index contributed by atoms with van der Waals surface area (Å²) in [5.74, 6) is -10.0. The minimum absolute atomic E-state index is 0.0000292. The van der Waals surface area contributed by atoms with E-state index < -0.39 is 140 Å². The smallest absolute Gasteiger partial charge is 0.423 e. The fourth-order valence-corrected chi connectivity index (χ4v) is 10.2. The minimum Gasteiger partial charge on any atom is -0.480 e. The van der Waals surface area contributed by atoms with Crippen LogP contribution in [-0.4, -0.2) is 155 Å². The Morgan fingerprint density at radius 1 is 0.902 bits per heavy atom. The molecule has 4 aliphatic rings. The first-order chi connectivity index (χ1) is 38.9. The number of benzene rings is 2. The first kappa shape index (κ1) is 59.2. The number of nitrogens with zero attached hydrogens (tertiary/aromatic N) is 3. The molecule has 4 aromatic rings. The number of carboxylic acid groups (broad SMARTS) is 1. The number of hydrogen-bond donors (Lipinski definition) is 9. The van der Waals surface area contributed by atoms with Crippen LogP contribution in [0.2, 0.25) is 0 Å². The lowest BCUT2D eigenvalue weighted by Crippen LogP contribution is -2.55. The van der Waals surface area contributed by atoms with Crippen LogP contribution in [-0.2, 0) is 89.0 Å². The van der Waals surface area contributed by atoms with Crippen molar-refractivity contribution in [1.82, 2.24) is 51.7 Å². The van der Waals surface area contributed by atoms with Crippen molar-refractivity contribution in [3.8, 4) is 11.4 Å². The Hall–Kier alpha value is -8.96. The highest BCUT2D eigenvalue weighted by Gasteiger charge is 2.49. The van der Waals surface area contributed by atoms with Gasteiger partial charge < -0.3 is 66.4 Å². The minimum atomic E-state index is -5.36. The molecular formula is C53H54F4N10O15. The van der Waals surface area contributed by atoms with E-state index in [4.69, 9.17) is 19.6 Å². The molecule has 0 saturated heterocycles. The van der Waals surface area contributed by atoms with Crippen LogP contribution in [0.1, 0.15) is 64.8 Å². The predicted octanol–water partition coefficient (Wildman–Crippen LogP) is -1.26. The van der Waals surface area contributed by atoms with Gasteiger partial charge in [0.1, 0.15) is 37.5 Å². The number of cyclic esters (lactones) is 1. The molecule has 7 amide bonds. The van der Waals surface area contributed by atoms with E-state index in [0.717, 1.165) is 17.0 Å². The van der Waals surface area contributed by atoms with Crippen molar-refractivity contribution in [2.75, 3.05) is 46.0 Å². The number of aryl methyl sites for hydroxylation is 1. The summed E-state index contributed by atoms with van der Waals surface area (Å²) < 4.78 is 70.8. The van der Waals surface area contributed by atoms with Gasteiger partial charge in [0, 0.05) is 47.2 Å². The molecule has 25 nitrogen and oxygen atoms in total. The topological polar surface area (TPSA) is 352 Å². The molecule has 5 heterocycles. The molecular weight excluding hydrogens is 1090 g/mol. The lowest BCUT2D eigenvalue weighted by atomic mass is 9.81. The molecule has 29 heteroatoms. The largest absolute Gasteiger partial charge is 0.480 e. The molecule has 5 atom stereocenters. The Labute approximate surface area is 461 Å². The summed E-state index contributed by atoms with van der Waals surface area (Å²) in [5, 5.41) is 36.8. The van der Waals surface area contributed by atoms with Crippen LogP contribution >= 0.6 is 0 Å². The molecule has 0 radical (unpaired) electrons. The van der Waals surface area contributed by atoms with Crippen molar-refractivity contribution < 1.29 is 85.2 Å². The normalized spacial score (nSPS) is 17.9. The summed E-state index contributed by atoms with van der Waals surface area (Å²) in [4.78, 5) is 146. The zero-order chi connectivity index (χ0) is 59.4. The number of carbonyl (C=O) groups is 10. The summed E-state index contributed by atoms with van der Waals surface area (Å²) in [7, 11) is 0. The number of aliphatic carboxylic acids is 1. The van der Waals surface area contributed by atoms with Crippen LogP contribution in [0.4, 0.5) is 17.6 Å². The number of carboxylic acids is 1. The van der Waals surface area contributed by atoms with Gasteiger partial charge in [-0.2, -0.15) is 13.2 Å². The van der Waals surface area contributed by atoms with E-state index in [1.165, 1.54) is 24.5 Å². The van der Waals surface area contributed by atoms with Gasteiger partial charge in [-0.05, 0) is 54.5 Å². The Bertz CT molecular complexity index is 3410. The lowest BCUT2D eigenvalue weighted by molar-refractivity contribution is -0.220. The number of aliphatic hydroxyl groups is 1. The van der Waals surface area contributed by atoms with E-state index in [0.29, 0.717) is 28.4 Å². The number of carbonyl (C=O) groups excluding carboxylic acids is 9. The molecule has 2 aromatic carbocycles. The van der Waals surface area contributed by atoms with E-state index in [1.54, 1.807) is 30.3 Å². The van der Waals surface area contributed by atoms with Crippen molar-refractivity contribution in [2.45, 2.75) is 88.7 Å². The molecule has 0 unspecified atom stereocenters. The maximum Gasteiger partial charge on any atom is 0.423 e. The SMILES string of the molecule is CC[C@@]1(O)C(=O)OCc2c1cc1n(c2=O)Cc2c-1nc1cc(F)c(C)c3c1c2[C@@H](NC(=O)[C@H](OCNC(=O)CNC(=O)[C@H](Cc1ccccc1)NC(=O)CNC(=O)CNC(=O)[C@@H](CNCC(=O)O)N1CC(C=O)=CC1=O)C(F)(F)F)CC3. The van der Waals surface area contributed by atoms with Crippen molar-refractivity contribution in [2.24, 2.45) is 0 Å². The van der Waals surface area contributed by atoms with Crippen LogP contribution < -0.4 is 42.8 Å². The van der Waals surface area contributed by atoms with Crippen molar-refractivity contribution >= 4 is 70.5 Å². The first-order valence-corrected chi connectivity index (χ1v) is 25.5. The maximum absolute atomic E-state index is 15.4. The first-order valence-electron chi connectivity index (χ1n) is 25.5. The van der Waals surface area contributed by atoms with E-state index >= 15 is 4.39 Å². The number of aldehydes is 1. The fraction of sp³-hybridized carbons (Fsp3) is 0.396. The van der Waals surface area contributed by atoms with Gasteiger partial charge in [0.25, 0.3) is 11.5 Å². The third-order valence-corrected chi connectivity index (χ3v) is 14.4. The molecule has 0 fully saturated rings. The van der Waals surface area contributed by atoms with Gasteiger partial charge in [0.2, 0.25) is 41.5 Å². The number of hydrogen-bond acceptors (Lipinski definition) is 16. The van der Waals surface area contributed by atoms with E-state index in [-0.39, 0.29) is 90.0 Å². The molecule has 1 aliphatic carbocycles. The highest BCUT2D eigenvalue weighted by Crippen LogP contribution is 2.46. The van der Waals surface area contributed by atoms with E-state index in [1.807, 2.05) is 5.32 Å². The Balaban J connectivity index is 0.881. The van der Waals surface area contributed by atoms with Crippen LogP contribution in [0.3, 0.4) is 0 Å². The highest BCUT2D eigenvalue weighted by atomic mass is 19.4. The fourth-order valence-electron chi connectivity index (χ4n) is 10.2. The van der Waals surface area contributed by atoms with Gasteiger partial charge in [-0.25, -0.2) is 14.2 Å². The molecule has 434 valence electrons. The van der Waals surface area contributed by atoms with Crippen LogP contribution in [0.15, 0.2) is 58.9 Å². The molecule has 8 rings (SSSR count). The molecule has 0 spiro atoms. The summed E-state index contributed by atoms with van der Waals surface area (Å²) in [5.41, 5.74) is -0.644. The number of fused-ring (bicyclic) bond motifs is 5. The maximum atomic E-state index is 15.4. The van der Waals surface area contributed by atoms with Gasteiger partial charge in [-0.3, -0.25) is 47.9 Å². The van der Waals surface area contributed by atoms with Gasteiger partial charge in [0.15, 0.2) is 5.60 Å². The number of pyridine rings is 2. The third kappa shape index (κ3) is 12.5. The summed E-state index contributed by atoms with van der Waals surface area (Å²) in [6.45, 7) is -2.36. The molecule has 3 aliphatic heterocycles. The number of esters is 1. The Kier molecular flexibility index (Phi) is 17.6. The standard InChI is InChI=1S/C53H54F4N10O15/c1-3-52(80)31-13-36-45-29(21-67(36)50(78)30(31)23-81-51(52)79)44-33(10-9-28-25(2)32(54)14-34(64-45)43(28)44)65-49(77)46(53(55,56)57)82-24-62-39(70)17-60-47(75)35(11-26-7-5-4-6-8-26)63-40(71)18-59-38(69)16-61-48(76)37(15-58-19-42(73)74)66-20-27(22-68)12-41(66)72/h4-8,12-14,22,33,35,37,46,58,80H,3,9-11,15-21,23-24H2,1-2H3,(H,59,69)(H,60,75)(H,61,76)(H,62,70)(H,63,71)(H,65,77)(H,73,74)/t33-,35-,37+,46-,52-/m0/s1. The third-order valence-electron chi connectivity index (χ3n) is 14.4. The average Bonchev–Trinajstić information content (AvgIpc) is 3.41. The van der Waals surface area contributed by atoms with Crippen LogP contribution in [0, 0.1) is 12.7 Å². The van der Waals surface area contributed by atoms with Crippen LogP contribution in [0.25, 0.3) is 22.3 Å². The van der Waals surface area contributed by atoms with E-state index in [9.17, 15) is 71.0 Å². The zero-order valence-corrected chi connectivity index (χ0v) is 43.8. The molecule has 0 saturated carbocycles. The second kappa shape index (κ2) is 24.4. The average molecular weight is 1150 g/mol. The number of ether oxygens (including phenoxy) is 2. The second-order valence-electron chi connectivity index (χ2n) is 19.6. The molecule has 0 bridgehead atoms. The molecule has 2 aromatic heterocycles. The van der Waals surface area contributed by atoms with Crippen molar-refractivity contribution in [3.05, 3.63) is 109 Å². The van der Waals surface area contributed by atoms with Crippen molar-refractivity contribution in [3.63, 3.8) is 0 Å². The molecule has 82 heavy (non-hydrogen) atoms. The lowest BCUT2D eigenvalue weighted by Gasteiger charge is -2.31. The second-order valence-corrected chi connectivity index (χ2v) is 19.6. The summed E-state index contributed by atoms with van der Waals surface area (Å²) in [6.07, 6.45) is -7.40. The Morgan fingerprint density at radius 3 is 2.27 bits per heavy atom. The summed E-state index contributed by atoms with van der Waals surface area (Å²) in [6, 6.07) is 6.77. The number of amides is 7. The zero-order valence-electron chi connectivity index (χ0n) is 43.8.